The first-order valence-corrected chi connectivity index (χ1v) is 7.52. The molecule has 1 amide bonds. The number of likely N-dealkylation sites (tertiary alicyclic amines) is 1. The van der Waals surface area contributed by atoms with Gasteiger partial charge >= 0.3 is 0 Å². The molecule has 20 heavy (non-hydrogen) atoms. The SMILES string of the molecule is CCn1cc(N)c(C(=O)NCC2CCN(C3CC3)C2)n1. The zero-order valence-electron chi connectivity index (χ0n) is 12.0. The van der Waals surface area contributed by atoms with Crippen LogP contribution in [0.2, 0.25) is 0 Å². The number of nitrogen functional groups attached to an aromatic ring is 1. The Balaban J connectivity index is 1.50. The lowest BCUT2D eigenvalue weighted by molar-refractivity contribution is 0.0942. The predicted molar refractivity (Wildman–Crippen MR) is 77.3 cm³/mol. The van der Waals surface area contributed by atoms with Crippen LogP contribution in [-0.4, -0.2) is 46.3 Å². The van der Waals surface area contributed by atoms with Crippen molar-refractivity contribution in [2.45, 2.75) is 38.8 Å². The molecule has 1 aromatic heterocycles. The number of nitrogens with two attached hydrogens (primary N) is 1. The van der Waals surface area contributed by atoms with Crippen LogP contribution >= 0.6 is 0 Å². The molecule has 2 fully saturated rings. The van der Waals surface area contributed by atoms with Crippen LogP contribution in [0.3, 0.4) is 0 Å². The molecule has 0 radical (unpaired) electrons. The van der Waals surface area contributed by atoms with Gasteiger partial charge in [-0.2, -0.15) is 5.10 Å². The number of aryl methyl sites for hydroxylation is 1. The number of carbonyl (C=O) groups excluding carboxylic acids is 1. The van der Waals surface area contributed by atoms with Crippen LogP contribution in [0.1, 0.15) is 36.7 Å². The van der Waals surface area contributed by atoms with E-state index < -0.39 is 0 Å². The lowest BCUT2D eigenvalue weighted by Gasteiger charge is -2.14. The normalized spacial score (nSPS) is 23.1. The van der Waals surface area contributed by atoms with Crippen molar-refractivity contribution in [3.63, 3.8) is 0 Å². The zero-order valence-corrected chi connectivity index (χ0v) is 12.0. The van der Waals surface area contributed by atoms with E-state index in [0.29, 0.717) is 17.3 Å². The van der Waals surface area contributed by atoms with E-state index >= 15 is 0 Å². The summed E-state index contributed by atoms with van der Waals surface area (Å²) in [5, 5.41) is 7.17. The third kappa shape index (κ3) is 2.80. The number of amides is 1. The number of aromatic nitrogens is 2. The Morgan fingerprint density at radius 3 is 2.95 bits per heavy atom. The lowest BCUT2D eigenvalue weighted by Crippen LogP contribution is -2.32. The molecule has 0 aromatic carbocycles. The Bertz CT molecular complexity index is 494. The molecule has 3 N–H and O–H groups in total. The molecule has 3 rings (SSSR count). The number of hydrogen-bond acceptors (Lipinski definition) is 4. The number of hydrogen-bond donors (Lipinski definition) is 2. The average Bonchev–Trinajstić information content (AvgIpc) is 3.07. The van der Waals surface area contributed by atoms with E-state index in [1.54, 1.807) is 10.9 Å². The molecule has 0 bridgehead atoms. The Morgan fingerprint density at radius 2 is 2.30 bits per heavy atom. The monoisotopic (exact) mass is 277 g/mol. The summed E-state index contributed by atoms with van der Waals surface area (Å²) in [7, 11) is 0. The minimum absolute atomic E-state index is 0.153. The highest BCUT2D eigenvalue weighted by Crippen LogP contribution is 2.31. The van der Waals surface area contributed by atoms with Gasteiger partial charge in [-0.15, -0.1) is 0 Å². The highest BCUT2D eigenvalue weighted by Gasteiger charge is 2.34. The molecule has 1 saturated carbocycles. The van der Waals surface area contributed by atoms with Crippen LogP contribution in [0.25, 0.3) is 0 Å². The van der Waals surface area contributed by atoms with Gasteiger partial charge in [-0.25, -0.2) is 0 Å². The van der Waals surface area contributed by atoms with Gasteiger partial charge in [-0.05, 0) is 38.6 Å². The average molecular weight is 277 g/mol. The summed E-state index contributed by atoms with van der Waals surface area (Å²) >= 11 is 0. The first kappa shape index (κ1) is 13.4. The quantitative estimate of drug-likeness (QED) is 0.830. The fourth-order valence-corrected chi connectivity index (χ4v) is 2.90. The number of nitrogens with one attached hydrogen (secondary N) is 1. The van der Waals surface area contributed by atoms with E-state index in [1.165, 1.54) is 25.8 Å². The summed E-state index contributed by atoms with van der Waals surface area (Å²) in [6.07, 6.45) is 5.59. The van der Waals surface area contributed by atoms with Crippen molar-refractivity contribution in [3.8, 4) is 0 Å². The van der Waals surface area contributed by atoms with E-state index in [9.17, 15) is 4.79 Å². The zero-order chi connectivity index (χ0) is 14.1. The third-order valence-electron chi connectivity index (χ3n) is 4.26. The minimum Gasteiger partial charge on any atom is -0.396 e. The molecule has 2 heterocycles. The molecule has 6 heteroatoms. The van der Waals surface area contributed by atoms with E-state index in [1.807, 2.05) is 6.92 Å². The van der Waals surface area contributed by atoms with Crippen molar-refractivity contribution in [2.75, 3.05) is 25.4 Å². The highest BCUT2D eigenvalue weighted by atomic mass is 16.2. The van der Waals surface area contributed by atoms with Gasteiger partial charge in [-0.1, -0.05) is 0 Å². The number of nitrogens with zero attached hydrogens (tertiary/aromatic N) is 3. The van der Waals surface area contributed by atoms with Crippen LogP contribution in [0, 0.1) is 5.92 Å². The van der Waals surface area contributed by atoms with Crippen molar-refractivity contribution in [3.05, 3.63) is 11.9 Å². The lowest BCUT2D eigenvalue weighted by atomic mass is 10.1. The Hall–Kier alpha value is -1.56. The van der Waals surface area contributed by atoms with Gasteiger partial charge in [-0.3, -0.25) is 9.48 Å². The van der Waals surface area contributed by atoms with Crippen molar-refractivity contribution < 1.29 is 4.79 Å². The van der Waals surface area contributed by atoms with Crippen LogP contribution in [-0.2, 0) is 6.54 Å². The van der Waals surface area contributed by atoms with Crippen LogP contribution in [0.5, 0.6) is 0 Å². The summed E-state index contributed by atoms with van der Waals surface area (Å²) in [6, 6.07) is 0.826. The van der Waals surface area contributed by atoms with E-state index in [-0.39, 0.29) is 5.91 Å². The molecule has 1 unspecified atom stereocenters. The first-order chi connectivity index (χ1) is 9.67. The number of rotatable bonds is 5. The maximum atomic E-state index is 12.1. The second kappa shape index (κ2) is 5.44. The van der Waals surface area contributed by atoms with Crippen LogP contribution in [0.15, 0.2) is 6.20 Å². The van der Waals surface area contributed by atoms with Crippen molar-refractivity contribution in [1.82, 2.24) is 20.0 Å². The largest absolute Gasteiger partial charge is 0.396 e. The first-order valence-electron chi connectivity index (χ1n) is 7.52. The molecule has 0 spiro atoms. The van der Waals surface area contributed by atoms with Crippen LogP contribution < -0.4 is 11.1 Å². The molecule has 1 aromatic rings. The summed E-state index contributed by atoms with van der Waals surface area (Å²) in [5.74, 6) is 0.411. The molecular weight excluding hydrogens is 254 g/mol. The fourth-order valence-electron chi connectivity index (χ4n) is 2.90. The number of anilines is 1. The van der Waals surface area contributed by atoms with Crippen molar-refractivity contribution >= 4 is 11.6 Å². The standard InChI is InChI=1S/C14H23N5O/c1-2-19-9-12(15)13(17-19)14(20)16-7-10-5-6-18(8-10)11-3-4-11/h9-11H,2-8,15H2,1H3,(H,16,20). The highest BCUT2D eigenvalue weighted by molar-refractivity contribution is 5.96. The van der Waals surface area contributed by atoms with Gasteiger partial charge in [0.15, 0.2) is 5.69 Å². The molecule has 2 aliphatic rings. The second-order valence-corrected chi connectivity index (χ2v) is 5.88. The van der Waals surface area contributed by atoms with E-state index in [4.69, 9.17) is 5.73 Å². The molecule has 110 valence electrons. The summed E-state index contributed by atoms with van der Waals surface area (Å²) in [4.78, 5) is 14.7. The van der Waals surface area contributed by atoms with Gasteiger partial charge in [0.25, 0.3) is 5.91 Å². The van der Waals surface area contributed by atoms with Gasteiger partial charge in [0.1, 0.15) is 0 Å². The molecule has 1 atom stereocenters. The molecule has 6 nitrogen and oxygen atoms in total. The molecule has 1 aliphatic carbocycles. The van der Waals surface area contributed by atoms with Crippen molar-refractivity contribution in [1.29, 1.82) is 0 Å². The fraction of sp³-hybridized carbons (Fsp3) is 0.714. The van der Waals surface area contributed by atoms with E-state index in [0.717, 1.165) is 25.7 Å². The Labute approximate surface area is 119 Å². The Morgan fingerprint density at radius 1 is 1.50 bits per heavy atom. The van der Waals surface area contributed by atoms with E-state index in [2.05, 4.69) is 15.3 Å². The third-order valence-corrected chi connectivity index (χ3v) is 4.26. The maximum Gasteiger partial charge on any atom is 0.273 e. The minimum atomic E-state index is -0.153. The van der Waals surface area contributed by atoms with Gasteiger partial charge in [0, 0.05) is 31.9 Å². The molecular formula is C14H23N5O. The van der Waals surface area contributed by atoms with Gasteiger partial charge < -0.3 is 16.0 Å². The van der Waals surface area contributed by atoms with Gasteiger partial charge in [0.05, 0.1) is 5.69 Å². The summed E-state index contributed by atoms with van der Waals surface area (Å²) < 4.78 is 1.69. The topological polar surface area (TPSA) is 76.2 Å². The second-order valence-electron chi connectivity index (χ2n) is 5.88. The van der Waals surface area contributed by atoms with Crippen molar-refractivity contribution in [2.24, 2.45) is 5.92 Å². The summed E-state index contributed by atoms with van der Waals surface area (Å²) in [6.45, 7) is 5.71. The smallest absolute Gasteiger partial charge is 0.273 e. The Kier molecular flexibility index (Phi) is 3.65. The number of carbonyl (C=O) groups is 1. The summed E-state index contributed by atoms with van der Waals surface area (Å²) in [5.41, 5.74) is 6.62. The molecule has 1 saturated heterocycles. The maximum absolute atomic E-state index is 12.1. The van der Waals surface area contributed by atoms with Crippen LogP contribution in [0.4, 0.5) is 5.69 Å². The predicted octanol–water partition coefficient (Wildman–Crippen LogP) is 0.699. The van der Waals surface area contributed by atoms with Gasteiger partial charge in [0.2, 0.25) is 0 Å². The molecule has 1 aliphatic heterocycles.